The van der Waals surface area contributed by atoms with Crippen molar-refractivity contribution in [2.24, 2.45) is 0 Å². The second-order valence-electron chi connectivity index (χ2n) is 3.01. The number of halogens is 2. The molecule has 0 fully saturated rings. The Labute approximate surface area is 101 Å². The van der Waals surface area contributed by atoms with Crippen molar-refractivity contribution in [3.8, 4) is 6.07 Å². The van der Waals surface area contributed by atoms with Gasteiger partial charge in [-0.3, -0.25) is 4.79 Å². The average molecular weight is 286 g/mol. The van der Waals surface area contributed by atoms with E-state index in [4.69, 9.17) is 10.00 Å². The van der Waals surface area contributed by atoms with Crippen LogP contribution in [0.2, 0.25) is 0 Å². The summed E-state index contributed by atoms with van der Waals surface area (Å²) in [4.78, 5) is 11.2. The molecule has 0 aliphatic heterocycles. The molecule has 3 nitrogen and oxygen atoms in total. The zero-order valence-electron chi connectivity index (χ0n) is 8.59. The number of carbonyl (C=O) groups excluding carboxylic acids is 1. The Bertz CT molecular complexity index is 454. The molecule has 0 bridgehead atoms. The van der Waals surface area contributed by atoms with Crippen LogP contribution in [0.15, 0.2) is 16.6 Å². The third-order valence-electron chi connectivity index (χ3n) is 1.91. The largest absolute Gasteiger partial charge is 0.466 e. The van der Waals surface area contributed by atoms with E-state index in [0.717, 1.165) is 0 Å². The molecule has 0 saturated carbocycles. The maximum atomic E-state index is 13.5. The lowest BCUT2D eigenvalue weighted by atomic mass is 10.1. The lowest BCUT2D eigenvalue weighted by Crippen LogP contribution is -2.10. The van der Waals surface area contributed by atoms with Gasteiger partial charge in [0.2, 0.25) is 0 Å². The summed E-state index contributed by atoms with van der Waals surface area (Å²) in [6, 6.07) is 4.53. The number of nitrogens with zero attached hydrogens (tertiary/aromatic N) is 1. The van der Waals surface area contributed by atoms with Gasteiger partial charge < -0.3 is 4.74 Å². The molecule has 1 rings (SSSR count). The van der Waals surface area contributed by atoms with Crippen molar-refractivity contribution in [2.75, 3.05) is 6.61 Å². The van der Waals surface area contributed by atoms with Crippen LogP contribution in [-0.2, 0) is 16.0 Å². The molecular weight excluding hydrogens is 277 g/mol. The van der Waals surface area contributed by atoms with Gasteiger partial charge in [-0.15, -0.1) is 0 Å². The van der Waals surface area contributed by atoms with Gasteiger partial charge in [0.1, 0.15) is 5.82 Å². The maximum absolute atomic E-state index is 13.5. The van der Waals surface area contributed by atoms with Crippen LogP contribution in [0.5, 0.6) is 0 Å². The summed E-state index contributed by atoms with van der Waals surface area (Å²) in [6.45, 7) is 1.90. The van der Waals surface area contributed by atoms with E-state index < -0.39 is 11.8 Å². The Morgan fingerprint density at radius 3 is 2.88 bits per heavy atom. The molecule has 0 saturated heterocycles. The number of rotatable bonds is 3. The summed E-state index contributed by atoms with van der Waals surface area (Å²) < 4.78 is 18.7. The van der Waals surface area contributed by atoms with E-state index in [9.17, 15) is 9.18 Å². The first-order chi connectivity index (χ1) is 7.58. The Kier molecular flexibility index (Phi) is 4.44. The third-order valence-corrected chi connectivity index (χ3v) is 2.36. The SMILES string of the molecule is CCOC(=O)Cc1c(F)cc(Br)cc1C#N. The zero-order valence-corrected chi connectivity index (χ0v) is 10.2. The van der Waals surface area contributed by atoms with Gasteiger partial charge in [-0.1, -0.05) is 15.9 Å². The molecule has 0 spiro atoms. The summed E-state index contributed by atoms with van der Waals surface area (Å²) in [6.07, 6.45) is -0.226. The third kappa shape index (κ3) is 3.04. The van der Waals surface area contributed by atoms with Gasteiger partial charge in [0, 0.05) is 10.0 Å². The van der Waals surface area contributed by atoms with Crippen LogP contribution in [0.4, 0.5) is 4.39 Å². The fourth-order valence-corrected chi connectivity index (χ4v) is 1.67. The topological polar surface area (TPSA) is 50.1 Å². The molecule has 0 aromatic heterocycles. The quantitative estimate of drug-likeness (QED) is 0.802. The van der Waals surface area contributed by atoms with Gasteiger partial charge in [0.05, 0.1) is 24.7 Å². The number of esters is 1. The van der Waals surface area contributed by atoms with Crippen LogP contribution in [0, 0.1) is 17.1 Å². The van der Waals surface area contributed by atoms with E-state index in [1.54, 1.807) is 6.92 Å². The molecule has 0 heterocycles. The van der Waals surface area contributed by atoms with Crippen LogP contribution in [0.1, 0.15) is 18.1 Å². The number of nitriles is 1. The average Bonchev–Trinajstić information content (AvgIpc) is 2.22. The second-order valence-corrected chi connectivity index (χ2v) is 3.92. The van der Waals surface area contributed by atoms with Crippen molar-refractivity contribution < 1.29 is 13.9 Å². The number of carbonyl (C=O) groups is 1. The predicted octanol–water partition coefficient (Wildman–Crippen LogP) is 2.57. The highest BCUT2D eigenvalue weighted by atomic mass is 79.9. The van der Waals surface area contributed by atoms with Gasteiger partial charge >= 0.3 is 5.97 Å². The van der Waals surface area contributed by atoms with Gasteiger partial charge in [0.25, 0.3) is 0 Å². The summed E-state index contributed by atoms with van der Waals surface area (Å²) >= 11 is 3.08. The minimum atomic E-state index is -0.584. The van der Waals surface area contributed by atoms with Crippen molar-refractivity contribution in [1.29, 1.82) is 5.26 Å². The van der Waals surface area contributed by atoms with Crippen molar-refractivity contribution >= 4 is 21.9 Å². The Hall–Kier alpha value is -1.41. The normalized spacial score (nSPS) is 9.62. The second kappa shape index (κ2) is 5.61. The molecule has 0 radical (unpaired) electrons. The van der Waals surface area contributed by atoms with Crippen LogP contribution < -0.4 is 0 Å². The fourth-order valence-electron chi connectivity index (χ4n) is 1.24. The van der Waals surface area contributed by atoms with Crippen LogP contribution in [0.3, 0.4) is 0 Å². The van der Waals surface area contributed by atoms with Crippen LogP contribution >= 0.6 is 15.9 Å². The molecule has 1 aromatic rings. The van der Waals surface area contributed by atoms with Crippen LogP contribution in [-0.4, -0.2) is 12.6 Å². The number of ether oxygens (including phenoxy) is 1. The summed E-state index contributed by atoms with van der Waals surface area (Å²) in [5.74, 6) is -1.13. The maximum Gasteiger partial charge on any atom is 0.310 e. The monoisotopic (exact) mass is 285 g/mol. The molecule has 0 unspecified atom stereocenters. The highest BCUT2D eigenvalue weighted by Crippen LogP contribution is 2.20. The fraction of sp³-hybridized carbons (Fsp3) is 0.273. The molecule has 1 aromatic carbocycles. The molecule has 0 N–H and O–H groups in total. The van der Waals surface area contributed by atoms with E-state index in [1.165, 1.54) is 12.1 Å². The van der Waals surface area contributed by atoms with E-state index in [0.29, 0.717) is 4.47 Å². The Morgan fingerprint density at radius 1 is 1.62 bits per heavy atom. The number of benzene rings is 1. The predicted molar refractivity (Wildman–Crippen MR) is 59.2 cm³/mol. The summed E-state index contributed by atoms with van der Waals surface area (Å²) in [7, 11) is 0. The molecular formula is C11H9BrFNO2. The first-order valence-corrected chi connectivity index (χ1v) is 5.41. The summed E-state index contributed by atoms with van der Waals surface area (Å²) in [5, 5.41) is 8.82. The lowest BCUT2D eigenvalue weighted by Gasteiger charge is -2.06. The number of hydrogen-bond donors (Lipinski definition) is 0. The zero-order chi connectivity index (χ0) is 12.1. The van der Waals surface area contributed by atoms with Crippen molar-refractivity contribution in [3.63, 3.8) is 0 Å². The molecule has 84 valence electrons. The van der Waals surface area contributed by atoms with Gasteiger partial charge in [0.15, 0.2) is 0 Å². The Balaban J connectivity index is 3.04. The minimum absolute atomic E-state index is 0.0733. The molecule has 16 heavy (non-hydrogen) atoms. The van der Waals surface area contributed by atoms with E-state index in [2.05, 4.69) is 15.9 Å². The van der Waals surface area contributed by atoms with Gasteiger partial charge in [-0.25, -0.2) is 4.39 Å². The highest BCUT2D eigenvalue weighted by molar-refractivity contribution is 9.10. The van der Waals surface area contributed by atoms with Crippen LogP contribution in [0.25, 0.3) is 0 Å². The Morgan fingerprint density at radius 2 is 2.31 bits per heavy atom. The molecule has 0 atom stereocenters. The molecule has 5 heteroatoms. The van der Waals surface area contributed by atoms with Crippen molar-refractivity contribution in [3.05, 3.63) is 33.5 Å². The summed E-state index contributed by atoms with van der Waals surface area (Å²) in [5.41, 5.74) is 0.212. The highest BCUT2D eigenvalue weighted by Gasteiger charge is 2.14. The van der Waals surface area contributed by atoms with E-state index in [1.807, 2.05) is 6.07 Å². The minimum Gasteiger partial charge on any atom is -0.466 e. The smallest absolute Gasteiger partial charge is 0.310 e. The molecule has 0 aliphatic carbocycles. The molecule has 0 amide bonds. The first-order valence-electron chi connectivity index (χ1n) is 4.62. The number of hydrogen-bond acceptors (Lipinski definition) is 3. The van der Waals surface area contributed by atoms with Crippen molar-refractivity contribution in [1.82, 2.24) is 0 Å². The van der Waals surface area contributed by atoms with Gasteiger partial charge in [-0.2, -0.15) is 5.26 Å². The van der Waals surface area contributed by atoms with Crippen molar-refractivity contribution in [2.45, 2.75) is 13.3 Å². The standard InChI is InChI=1S/C11H9BrFNO2/c1-2-16-11(15)5-9-7(6-14)3-8(12)4-10(9)13/h3-4H,2,5H2,1H3. The van der Waals surface area contributed by atoms with E-state index in [-0.39, 0.29) is 24.2 Å². The van der Waals surface area contributed by atoms with Gasteiger partial charge in [-0.05, 0) is 19.1 Å². The first kappa shape index (κ1) is 12.7. The lowest BCUT2D eigenvalue weighted by molar-refractivity contribution is -0.142. The molecule has 0 aliphatic rings. The van der Waals surface area contributed by atoms with E-state index >= 15 is 0 Å².